The monoisotopic (exact) mass is 218 g/mol. The van der Waals surface area contributed by atoms with Gasteiger partial charge in [0.2, 0.25) is 5.88 Å². The SMILES string of the molecule is COc1ccc(C(O)C2(C#N)CCC2)cn1. The maximum absolute atomic E-state index is 10.2. The molecule has 0 saturated heterocycles. The molecule has 1 aromatic heterocycles. The van der Waals surface area contributed by atoms with Crippen LogP contribution in [0.15, 0.2) is 18.3 Å². The van der Waals surface area contributed by atoms with Gasteiger partial charge in [-0.15, -0.1) is 0 Å². The van der Waals surface area contributed by atoms with E-state index in [0.29, 0.717) is 11.4 Å². The Morgan fingerprint density at radius 2 is 2.31 bits per heavy atom. The van der Waals surface area contributed by atoms with Gasteiger partial charge in [0, 0.05) is 17.8 Å². The summed E-state index contributed by atoms with van der Waals surface area (Å²) in [5.41, 5.74) is 0.0815. The van der Waals surface area contributed by atoms with Gasteiger partial charge in [0.25, 0.3) is 0 Å². The standard InChI is InChI=1S/C12H14N2O2/c1-16-10-4-3-9(7-14-10)11(15)12(8-13)5-2-6-12/h3-4,7,11,15H,2,5-6H2,1H3. The number of rotatable bonds is 3. The van der Waals surface area contributed by atoms with Crippen LogP contribution < -0.4 is 4.74 Å². The molecule has 1 saturated carbocycles. The van der Waals surface area contributed by atoms with Gasteiger partial charge in [-0.2, -0.15) is 5.26 Å². The summed E-state index contributed by atoms with van der Waals surface area (Å²) in [4.78, 5) is 4.03. The molecule has 1 fully saturated rings. The maximum Gasteiger partial charge on any atom is 0.212 e. The Hall–Kier alpha value is -1.60. The quantitative estimate of drug-likeness (QED) is 0.840. The van der Waals surface area contributed by atoms with Gasteiger partial charge < -0.3 is 9.84 Å². The molecular weight excluding hydrogens is 204 g/mol. The summed E-state index contributed by atoms with van der Waals surface area (Å²) in [5.74, 6) is 0.510. The number of pyridine rings is 1. The van der Waals surface area contributed by atoms with Gasteiger partial charge in [0.15, 0.2) is 0 Å². The lowest BCUT2D eigenvalue weighted by atomic mass is 9.65. The highest BCUT2D eigenvalue weighted by Gasteiger charge is 2.44. The summed E-state index contributed by atoms with van der Waals surface area (Å²) < 4.78 is 4.94. The van der Waals surface area contributed by atoms with Crippen molar-refractivity contribution in [1.82, 2.24) is 4.98 Å². The number of nitriles is 1. The van der Waals surface area contributed by atoms with Crippen molar-refractivity contribution in [1.29, 1.82) is 5.26 Å². The van der Waals surface area contributed by atoms with Crippen LogP contribution in [0.5, 0.6) is 5.88 Å². The molecule has 4 nitrogen and oxygen atoms in total. The first-order valence-corrected chi connectivity index (χ1v) is 5.31. The molecule has 0 bridgehead atoms. The van der Waals surface area contributed by atoms with Gasteiger partial charge in [-0.05, 0) is 18.9 Å². The highest BCUT2D eigenvalue weighted by Crippen LogP contribution is 2.49. The van der Waals surface area contributed by atoms with E-state index in [2.05, 4.69) is 11.1 Å². The van der Waals surface area contributed by atoms with E-state index in [1.54, 1.807) is 25.4 Å². The molecule has 2 rings (SSSR count). The largest absolute Gasteiger partial charge is 0.481 e. The molecule has 4 heteroatoms. The molecule has 1 aliphatic carbocycles. The number of aliphatic hydroxyl groups excluding tert-OH is 1. The molecule has 0 amide bonds. The predicted octanol–water partition coefficient (Wildman–Crippen LogP) is 1.82. The van der Waals surface area contributed by atoms with E-state index in [1.165, 1.54) is 0 Å². The van der Waals surface area contributed by atoms with Crippen LogP contribution in [0.4, 0.5) is 0 Å². The first-order chi connectivity index (χ1) is 7.72. The van der Waals surface area contributed by atoms with Gasteiger partial charge in [-0.1, -0.05) is 6.42 Å². The molecule has 1 heterocycles. The van der Waals surface area contributed by atoms with Crippen LogP contribution in [-0.4, -0.2) is 17.2 Å². The summed E-state index contributed by atoms with van der Waals surface area (Å²) in [7, 11) is 1.54. The molecule has 16 heavy (non-hydrogen) atoms. The Morgan fingerprint density at radius 3 is 2.69 bits per heavy atom. The molecule has 1 N–H and O–H groups in total. The van der Waals surface area contributed by atoms with E-state index in [0.717, 1.165) is 19.3 Å². The molecule has 0 spiro atoms. The summed E-state index contributed by atoms with van der Waals surface area (Å²) in [5, 5.41) is 19.3. The van der Waals surface area contributed by atoms with E-state index in [9.17, 15) is 5.11 Å². The molecule has 0 radical (unpaired) electrons. The molecule has 0 aromatic carbocycles. The average Bonchev–Trinajstić information content (AvgIpc) is 2.28. The van der Waals surface area contributed by atoms with Crippen molar-refractivity contribution < 1.29 is 9.84 Å². The summed E-state index contributed by atoms with van der Waals surface area (Å²) >= 11 is 0. The average molecular weight is 218 g/mol. The molecule has 0 aliphatic heterocycles. The number of hydrogen-bond acceptors (Lipinski definition) is 4. The Bertz CT molecular complexity index is 404. The lowest BCUT2D eigenvalue weighted by Crippen LogP contribution is -2.34. The van der Waals surface area contributed by atoms with Crippen molar-refractivity contribution in [2.45, 2.75) is 25.4 Å². The smallest absolute Gasteiger partial charge is 0.212 e. The third kappa shape index (κ3) is 1.63. The topological polar surface area (TPSA) is 66.1 Å². The summed E-state index contributed by atoms with van der Waals surface area (Å²) in [6.07, 6.45) is 3.35. The number of aliphatic hydroxyl groups is 1. The van der Waals surface area contributed by atoms with Crippen LogP contribution in [0.3, 0.4) is 0 Å². The lowest BCUT2D eigenvalue weighted by Gasteiger charge is -2.39. The number of hydrogen-bond donors (Lipinski definition) is 1. The second-order valence-electron chi connectivity index (χ2n) is 4.16. The van der Waals surface area contributed by atoms with Crippen LogP contribution in [0, 0.1) is 16.7 Å². The van der Waals surface area contributed by atoms with Gasteiger partial charge in [-0.3, -0.25) is 0 Å². The van der Waals surface area contributed by atoms with Crippen molar-refractivity contribution in [2.24, 2.45) is 5.41 Å². The number of aromatic nitrogens is 1. The third-order valence-corrected chi connectivity index (χ3v) is 3.28. The van der Waals surface area contributed by atoms with Crippen LogP contribution >= 0.6 is 0 Å². The van der Waals surface area contributed by atoms with Crippen molar-refractivity contribution in [3.63, 3.8) is 0 Å². The second-order valence-corrected chi connectivity index (χ2v) is 4.16. The van der Waals surface area contributed by atoms with E-state index in [-0.39, 0.29) is 0 Å². The van der Waals surface area contributed by atoms with E-state index >= 15 is 0 Å². The minimum absolute atomic E-state index is 0.510. The highest BCUT2D eigenvalue weighted by molar-refractivity contribution is 5.25. The van der Waals surface area contributed by atoms with Crippen LogP contribution in [0.1, 0.15) is 30.9 Å². The zero-order valence-electron chi connectivity index (χ0n) is 9.18. The predicted molar refractivity (Wildman–Crippen MR) is 57.6 cm³/mol. The molecular formula is C12H14N2O2. The molecule has 1 atom stereocenters. The van der Waals surface area contributed by atoms with Crippen LogP contribution in [0.2, 0.25) is 0 Å². The molecule has 1 aromatic rings. The Kier molecular flexibility index (Phi) is 2.80. The van der Waals surface area contributed by atoms with Gasteiger partial charge in [-0.25, -0.2) is 4.98 Å². The van der Waals surface area contributed by atoms with Crippen LogP contribution in [0.25, 0.3) is 0 Å². The normalized spacial score (nSPS) is 19.3. The zero-order chi connectivity index (χ0) is 11.6. The minimum Gasteiger partial charge on any atom is -0.481 e. The number of nitrogens with zero attached hydrogens (tertiary/aromatic N) is 2. The first-order valence-electron chi connectivity index (χ1n) is 5.31. The van der Waals surface area contributed by atoms with Gasteiger partial charge in [0.05, 0.1) is 24.7 Å². The van der Waals surface area contributed by atoms with Crippen molar-refractivity contribution in [3.05, 3.63) is 23.9 Å². The first kappa shape index (κ1) is 10.9. The molecule has 1 aliphatic rings. The van der Waals surface area contributed by atoms with Crippen molar-refractivity contribution in [3.8, 4) is 11.9 Å². The van der Waals surface area contributed by atoms with E-state index in [4.69, 9.17) is 10.00 Å². The van der Waals surface area contributed by atoms with Gasteiger partial charge >= 0.3 is 0 Å². The van der Waals surface area contributed by atoms with Gasteiger partial charge in [0.1, 0.15) is 0 Å². The van der Waals surface area contributed by atoms with Crippen molar-refractivity contribution in [2.75, 3.05) is 7.11 Å². The Morgan fingerprint density at radius 1 is 1.56 bits per heavy atom. The minimum atomic E-state index is -0.746. The van der Waals surface area contributed by atoms with E-state index < -0.39 is 11.5 Å². The number of methoxy groups -OCH3 is 1. The summed E-state index contributed by atoms with van der Waals surface area (Å²) in [6.45, 7) is 0. The van der Waals surface area contributed by atoms with Crippen molar-refractivity contribution >= 4 is 0 Å². The van der Waals surface area contributed by atoms with E-state index in [1.807, 2.05) is 0 Å². The molecule has 1 unspecified atom stereocenters. The fraction of sp³-hybridized carbons (Fsp3) is 0.500. The highest BCUT2D eigenvalue weighted by atomic mass is 16.5. The molecule has 84 valence electrons. The fourth-order valence-corrected chi connectivity index (χ4v) is 2.00. The Balaban J connectivity index is 2.20. The maximum atomic E-state index is 10.2. The third-order valence-electron chi connectivity index (χ3n) is 3.28. The summed E-state index contributed by atoms with van der Waals surface area (Å²) in [6, 6.07) is 5.69. The second kappa shape index (κ2) is 4.11. The zero-order valence-corrected chi connectivity index (χ0v) is 9.18. The Labute approximate surface area is 94.5 Å². The van der Waals surface area contributed by atoms with Crippen LogP contribution in [-0.2, 0) is 0 Å². The number of ether oxygens (including phenoxy) is 1. The fourth-order valence-electron chi connectivity index (χ4n) is 2.00. The lowest BCUT2D eigenvalue weighted by molar-refractivity contribution is 0.00768.